The van der Waals surface area contributed by atoms with E-state index in [0.29, 0.717) is 16.6 Å². The van der Waals surface area contributed by atoms with Gasteiger partial charge in [0.15, 0.2) is 0 Å². The van der Waals surface area contributed by atoms with Gasteiger partial charge in [-0.05, 0) is 29.1 Å². The predicted octanol–water partition coefficient (Wildman–Crippen LogP) is 3.79. The molecule has 1 saturated heterocycles. The van der Waals surface area contributed by atoms with Crippen molar-refractivity contribution in [3.63, 3.8) is 0 Å². The summed E-state index contributed by atoms with van der Waals surface area (Å²) in [4.78, 5) is 16.0. The second kappa shape index (κ2) is 9.01. The van der Waals surface area contributed by atoms with Gasteiger partial charge in [-0.3, -0.25) is 9.69 Å². The molecule has 0 radical (unpaired) electrons. The van der Waals surface area contributed by atoms with Crippen LogP contribution in [0.1, 0.15) is 16.5 Å². The van der Waals surface area contributed by atoms with Crippen LogP contribution >= 0.6 is 34.5 Å². The van der Waals surface area contributed by atoms with Crippen LogP contribution < -0.4 is 5.32 Å². The molecule has 0 bridgehead atoms. The Hall–Kier alpha value is -1.11. The molecule has 1 aliphatic rings. The minimum absolute atomic E-state index is 0.0426. The molecule has 1 aromatic carbocycles. The maximum Gasteiger partial charge on any atom is 0.224 e. The Morgan fingerprint density at radius 3 is 2.76 bits per heavy atom. The minimum Gasteiger partial charge on any atom is -0.379 e. The summed E-state index contributed by atoms with van der Waals surface area (Å²) in [7, 11) is 0. The fourth-order valence-electron chi connectivity index (χ4n) is 2.89. The Kier molecular flexibility index (Phi) is 6.73. The molecule has 0 aliphatic carbocycles. The van der Waals surface area contributed by atoms with Gasteiger partial charge in [0.2, 0.25) is 5.91 Å². The standard InChI is InChI=1S/C18H20Cl2N2O2S/c19-14-4-3-13(15(20)11-14)10-18(23)21-12-16(17-2-1-9-25-17)22-5-7-24-8-6-22/h1-4,9,11,16H,5-8,10,12H2,(H,21,23). The average molecular weight is 399 g/mol. The van der Waals surface area contributed by atoms with E-state index < -0.39 is 0 Å². The fourth-order valence-corrected chi connectivity index (χ4v) is 4.23. The van der Waals surface area contributed by atoms with Gasteiger partial charge in [0.05, 0.1) is 25.7 Å². The van der Waals surface area contributed by atoms with Crippen molar-refractivity contribution in [2.75, 3.05) is 32.8 Å². The number of hydrogen-bond acceptors (Lipinski definition) is 4. The third-order valence-corrected chi connectivity index (χ3v) is 5.78. The van der Waals surface area contributed by atoms with Gasteiger partial charge in [-0.25, -0.2) is 0 Å². The van der Waals surface area contributed by atoms with Gasteiger partial charge in [-0.15, -0.1) is 11.3 Å². The molecule has 0 saturated carbocycles. The van der Waals surface area contributed by atoms with E-state index in [4.69, 9.17) is 27.9 Å². The molecule has 4 nitrogen and oxygen atoms in total. The molecular weight excluding hydrogens is 379 g/mol. The summed E-state index contributed by atoms with van der Waals surface area (Å²) >= 11 is 13.8. The first-order valence-electron chi connectivity index (χ1n) is 8.19. The molecule has 1 unspecified atom stereocenters. The summed E-state index contributed by atoms with van der Waals surface area (Å²) in [6, 6.07) is 9.54. The van der Waals surface area contributed by atoms with Crippen LogP contribution in [0.3, 0.4) is 0 Å². The second-order valence-corrected chi connectivity index (χ2v) is 7.72. The van der Waals surface area contributed by atoms with Gasteiger partial charge in [0.1, 0.15) is 0 Å². The highest BCUT2D eigenvalue weighted by molar-refractivity contribution is 7.10. The Morgan fingerprint density at radius 2 is 2.08 bits per heavy atom. The van der Waals surface area contributed by atoms with Crippen LogP contribution in [0.25, 0.3) is 0 Å². The van der Waals surface area contributed by atoms with E-state index >= 15 is 0 Å². The smallest absolute Gasteiger partial charge is 0.224 e. The normalized spacial score (nSPS) is 16.6. The Morgan fingerprint density at radius 1 is 1.28 bits per heavy atom. The molecular formula is C18H20Cl2N2O2S. The SMILES string of the molecule is O=C(Cc1ccc(Cl)cc1Cl)NCC(c1cccs1)N1CCOCC1. The van der Waals surface area contributed by atoms with E-state index in [9.17, 15) is 4.79 Å². The van der Waals surface area contributed by atoms with Gasteiger partial charge in [0, 0.05) is 34.6 Å². The van der Waals surface area contributed by atoms with Crippen LogP contribution in [0.4, 0.5) is 0 Å². The lowest BCUT2D eigenvalue weighted by Crippen LogP contribution is -2.43. The van der Waals surface area contributed by atoms with Gasteiger partial charge >= 0.3 is 0 Å². The summed E-state index contributed by atoms with van der Waals surface area (Å²) in [6.45, 7) is 3.79. The average Bonchev–Trinajstić information content (AvgIpc) is 3.13. The van der Waals surface area contributed by atoms with Gasteiger partial charge < -0.3 is 10.1 Å². The summed E-state index contributed by atoms with van der Waals surface area (Å²) in [5.74, 6) is -0.0426. The maximum absolute atomic E-state index is 12.4. The number of ether oxygens (including phenoxy) is 1. The highest BCUT2D eigenvalue weighted by Crippen LogP contribution is 2.26. The van der Waals surface area contributed by atoms with Gasteiger partial charge in [-0.1, -0.05) is 35.3 Å². The molecule has 25 heavy (non-hydrogen) atoms. The molecule has 2 heterocycles. The summed E-state index contributed by atoms with van der Waals surface area (Å²) in [5, 5.41) is 6.21. The molecule has 1 fully saturated rings. The number of amides is 1. The van der Waals surface area contributed by atoms with E-state index in [0.717, 1.165) is 31.9 Å². The number of benzene rings is 1. The largest absolute Gasteiger partial charge is 0.379 e. The van der Waals surface area contributed by atoms with Crippen molar-refractivity contribution in [1.82, 2.24) is 10.2 Å². The molecule has 1 amide bonds. The number of carbonyl (C=O) groups is 1. The van der Waals surface area contributed by atoms with Crippen molar-refractivity contribution in [2.24, 2.45) is 0 Å². The number of thiophene rings is 1. The number of rotatable bonds is 6. The lowest BCUT2D eigenvalue weighted by Gasteiger charge is -2.34. The summed E-state index contributed by atoms with van der Waals surface area (Å²) in [5.41, 5.74) is 0.780. The van der Waals surface area contributed by atoms with Gasteiger partial charge in [0.25, 0.3) is 0 Å². The molecule has 1 N–H and O–H groups in total. The molecule has 1 atom stereocenters. The number of halogens is 2. The van der Waals surface area contributed by atoms with Crippen LogP contribution in [0.2, 0.25) is 10.0 Å². The van der Waals surface area contributed by atoms with Crippen LogP contribution in [0.5, 0.6) is 0 Å². The number of morpholine rings is 1. The Bertz CT molecular complexity index is 703. The van der Waals surface area contributed by atoms with Crippen molar-refractivity contribution in [3.8, 4) is 0 Å². The lowest BCUT2D eigenvalue weighted by atomic mass is 10.1. The van der Waals surface area contributed by atoms with Crippen LogP contribution in [-0.4, -0.2) is 43.7 Å². The van der Waals surface area contributed by atoms with Crippen LogP contribution in [0.15, 0.2) is 35.7 Å². The summed E-state index contributed by atoms with van der Waals surface area (Å²) < 4.78 is 5.44. The highest BCUT2D eigenvalue weighted by Gasteiger charge is 2.24. The van der Waals surface area contributed by atoms with Crippen molar-refractivity contribution < 1.29 is 9.53 Å². The maximum atomic E-state index is 12.4. The first kappa shape index (κ1) is 18.7. The van der Waals surface area contributed by atoms with Crippen molar-refractivity contribution in [2.45, 2.75) is 12.5 Å². The monoisotopic (exact) mass is 398 g/mol. The second-order valence-electron chi connectivity index (χ2n) is 5.90. The number of nitrogens with zero attached hydrogens (tertiary/aromatic N) is 1. The molecule has 134 valence electrons. The number of nitrogens with one attached hydrogen (secondary N) is 1. The van der Waals surface area contributed by atoms with Crippen LogP contribution in [0, 0.1) is 0 Å². The molecule has 1 aromatic heterocycles. The van der Waals surface area contributed by atoms with Crippen LogP contribution in [-0.2, 0) is 16.0 Å². The van der Waals surface area contributed by atoms with E-state index in [1.54, 1.807) is 29.5 Å². The molecule has 3 rings (SSSR count). The predicted molar refractivity (Wildman–Crippen MR) is 103 cm³/mol. The Labute approximate surface area is 161 Å². The topological polar surface area (TPSA) is 41.6 Å². The van der Waals surface area contributed by atoms with Crippen molar-refractivity contribution in [3.05, 3.63) is 56.2 Å². The molecule has 2 aromatic rings. The van der Waals surface area contributed by atoms with Crippen molar-refractivity contribution >= 4 is 40.4 Å². The minimum atomic E-state index is -0.0426. The van der Waals surface area contributed by atoms with Crippen molar-refractivity contribution in [1.29, 1.82) is 0 Å². The zero-order chi connectivity index (χ0) is 17.6. The van der Waals surface area contributed by atoms with Gasteiger partial charge in [-0.2, -0.15) is 0 Å². The first-order valence-corrected chi connectivity index (χ1v) is 9.83. The highest BCUT2D eigenvalue weighted by atomic mass is 35.5. The first-order chi connectivity index (χ1) is 12.1. The number of carbonyl (C=O) groups excluding carboxylic acids is 1. The zero-order valence-corrected chi connectivity index (χ0v) is 16.0. The molecule has 7 heteroatoms. The quantitative estimate of drug-likeness (QED) is 0.804. The zero-order valence-electron chi connectivity index (χ0n) is 13.7. The number of hydrogen-bond donors (Lipinski definition) is 1. The summed E-state index contributed by atoms with van der Waals surface area (Å²) in [6.07, 6.45) is 0.246. The third-order valence-electron chi connectivity index (χ3n) is 4.22. The molecule has 1 aliphatic heterocycles. The molecule has 0 spiro atoms. The Balaban J connectivity index is 1.61. The lowest BCUT2D eigenvalue weighted by molar-refractivity contribution is -0.120. The fraction of sp³-hybridized carbons (Fsp3) is 0.389. The van der Waals surface area contributed by atoms with E-state index in [1.807, 2.05) is 6.07 Å². The van der Waals surface area contributed by atoms with E-state index in [1.165, 1.54) is 4.88 Å². The van der Waals surface area contributed by atoms with E-state index in [-0.39, 0.29) is 18.4 Å². The third kappa shape index (κ3) is 5.19. The van der Waals surface area contributed by atoms with E-state index in [2.05, 4.69) is 21.7 Å².